The number of ether oxygens (including phenoxy) is 1. The predicted molar refractivity (Wildman–Crippen MR) is 76.4 cm³/mol. The van der Waals surface area contributed by atoms with Gasteiger partial charge in [-0.2, -0.15) is 0 Å². The van der Waals surface area contributed by atoms with E-state index in [0.29, 0.717) is 17.7 Å². The van der Waals surface area contributed by atoms with Crippen molar-refractivity contribution in [1.82, 2.24) is 4.98 Å². The summed E-state index contributed by atoms with van der Waals surface area (Å²) in [5.74, 6) is -1.42. The van der Waals surface area contributed by atoms with E-state index in [1.807, 2.05) is 6.92 Å². The fourth-order valence-corrected chi connectivity index (χ4v) is 1.93. The van der Waals surface area contributed by atoms with E-state index in [4.69, 9.17) is 9.84 Å². The lowest BCUT2D eigenvalue weighted by atomic mass is 10.1. The molecule has 0 spiro atoms. The van der Waals surface area contributed by atoms with Gasteiger partial charge in [-0.15, -0.1) is 0 Å². The Morgan fingerprint density at radius 3 is 2.81 bits per heavy atom. The summed E-state index contributed by atoms with van der Waals surface area (Å²) in [6.07, 6.45) is 1.46. The third-order valence-electron chi connectivity index (χ3n) is 2.98. The number of carbonyl (C=O) groups is 1. The first-order valence-electron chi connectivity index (χ1n) is 6.68. The Morgan fingerprint density at radius 2 is 2.14 bits per heavy atom. The molecule has 0 fully saturated rings. The zero-order chi connectivity index (χ0) is 15.4. The van der Waals surface area contributed by atoms with Crippen molar-refractivity contribution in [3.63, 3.8) is 0 Å². The Labute approximate surface area is 122 Å². The molecule has 0 saturated heterocycles. The number of aromatic carboxylic acids is 1. The van der Waals surface area contributed by atoms with E-state index in [-0.39, 0.29) is 17.2 Å². The zero-order valence-electron chi connectivity index (χ0n) is 11.9. The van der Waals surface area contributed by atoms with Gasteiger partial charge in [0.25, 0.3) is 0 Å². The van der Waals surface area contributed by atoms with Crippen LogP contribution in [0.25, 0.3) is 0 Å². The van der Waals surface area contributed by atoms with E-state index in [1.165, 1.54) is 18.2 Å². The molecule has 0 bridgehead atoms. The maximum absolute atomic E-state index is 13.9. The summed E-state index contributed by atoms with van der Waals surface area (Å²) in [5.41, 5.74) is 1.15. The maximum atomic E-state index is 13.9. The van der Waals surface area contributed by atoms with Gasteiger partial charge in [-0.25, -0.2) is 14.2 Å². The van der Waals surface area contributed by atoms with Gasteiger partial charge in [0.05, 0.1) is 5.56 Å². The molecule has 0 aliphatic heterocycles. The number of hydrogen-bond donors (Lipinski definition) is 1. The molecular formula is C16H16FNO3. The Morgan fingerprint density at radius 1 is 1.38 bits per heavy atom. The second-order valence-electron chi connectivity index (χ2n) is 4.73. The van der Waals surface area contributed by atoms with E-state index in [9.17, 15) is 9.18 Å². The van der Waals surface area contributed by atoms with Crippen LogP contribution in [0.2, 0.25) is 0 Å². The lowest BCUT2D eigenvalue weighted by molar-refractivity contribution is 0.0696. The minimum Gasteiger partial charge on any atom is -0.478 e. The Hall–Kier alpha value is -2.43. The number of benzene rings is 1. The highest BCUT2D eigenvalue weighted by Crippen LogP contribution is 2.26. The van der Waals surface area contributed by atoms with Crippen LogP contribution >= 0.6 is 0 Å². The minimum absolute atomic E-state index is 0.0347. The third kappa shape index (κ3) is 3.56. The summed E-state index contributed by atoms with van der Waals surface area (Å²) in [6.45, 7) is 3.60. The van der Waals surface area contributed by atoms with E-state index in [2.05, 4.69) is 4.98 Å². The molecule has 5 heteroatoms. The lowest BCUT2D eigenvalue weighted by Crippen LogP contribution is -2.02. The molecule has 0 aliphatic rings. The molecule has 4 nitrogen and oxygen atoms in total. The largest absolute Gasteiger partial charge is 0.478 e. The van der Waals surface area contributed by atoms with Crippen molar-refractivity contribution in [2.75, 3.05) is 0 Å². The second-order valence-corrected chi connectivity index (χ2v) is 4.73. The van der Waals surface area contributed by atoms with Crippen LogP contribution in [-0.4, -0.2) is 16.1 Å². The Kier molecular flexibility index (Phi) is 4.52. The van der Waals surface area contributed by atoms with Crippen molar-refractivity contribution in [3.8, 4) is 11.6 Å². The number of hydrogen-bond acceptors (Lipinski definition) is 3. The molecule has 2 rings (SSSR count). The highest BCUT2D eigenvalue weighted by Gasteiger charge is 2.12. The van der Waals surface area contributed by atoms with Crippen molar-refractivity contribution in [3.05, 3.63) is 53.0 Å². The van der Waals surface area contributed by atoms with Crippen LogP contribution in [0, 0.1) is 12.7 Å². The van der Waals surface area contributed by atoms with Gasteiger partial charge in [-0.3, -0.25) is 0 Å². The summed E-state index contributed by atoms with van der Waals surface area (Å²) < 4.78 is 19.3. The number of rotatable bonds is 5. The number of carboxylic acids is 1. The van der Waals surface area contributed by atoms with Gasteiger partial charge in [-0.05, 0) is 31.0 Å². The summed E-state index contributed by atoms with van der Waals surface area (Å²) >= 11 is 0. The number of aryl methyl sites for hydroxylation is 2. The normalized spacial score (nSPS) is 10.4. The molecule has 1 heterocycles. The van der Waals surface area contributed by atoms with Gasteiger partial charge in [0.2, 0.25) is 5.88 Å². The molecule has 0 saturated carbocycles. The zero-order valence-corrected chi connectivity index (χ0v) is 11.9. The van der Waals surface area contributed by atoms with E-state index >= 15 is 0 Å². The van der Waals surface area contributed by atoms with Crippen LogP contribution in [0.3, 0.4) is 0 Å². The minimum atomic E-state index is -1.07. The molecule has 0 atom stereocenters. The van der Waals surface area contributed by atoms with Gasteiger partial charge in [0.1, 0.15) is 0 Å². The van der Waals surface area contributed by atoms with Crippen molar-refractivity contribution in [2.24, 2.45) is 0 Å². The first-order chi connectivity index (χ1) is 10.0. The molecule has 21 heavy (non-hydrogen) atoms. The molecule has 1 aromatic heterocycles. The molecule has 0 radical (unpaired) electrons. The number of aromatic nitrogens is 1. The van der Waals surface area contributed by atoms with Gasteiger partial charge < -0.3 is 9.84 Å². The first-order valence-corrected chi connectivity index (χ1v) is 6.68. The molecule has 1 N–H and O–H groups in total. The summed E-state index contributed by atoms with van der Waals surface area (Å²) in [4.78, 5) is 15.3. The van der Waals surface area contributed by atoms with Gasteiger partial charge in [0, 0.05) is 11.8 Å². The molecule has 110 valence electrons. The van der Waals surface area contributed by atoms with Crippen molar-refractivity contribution in [1.29, 1.82) is 0 Å². The standard InChI is InChI=1S/C16H16FNO3/c1-3-5-12-8-11(16(19)20)9-14(18-12)21-13-7-4-6-10(2)15(13)17/h4,6-9H,3,5H2,1-2H3,(H,19,20). The van der Waals surface area contributed by atoms with Crippen LogP contribution in [0.4, 0.5) is 4.39 Å². The van der Waals surface area contributed by atoms with Crippen LogP contribution in [-0.2, 0) is 6.42 Å². The average molecular weight is 289 g/mol. The van der Waals surface area contributed by atoms with Crippen LogP contribution in [0.15, 0.2) is 30.3 Å². The van der Waals surface area contributed by atoms with Gasteiger partial charge in [0.15, 0.2) is 11.6 Å². The molecular weight excluding hydrogens is 273 g/mol. The first kappa shape index (κ1) is 15.0. The van der Waals surface area contributed by atoms with Crippen LogP contribution in [0.1, 0.15) is 35.0 Å². The van der Waals surface area contributed by atoms with Crippen LogP contribution < -0.4 is 4.74 Å². The second kappa shape index (κ2) is 6.35. The lowest BCUT2D eigenvalue weighted by Gasteiger charge is -2.09. The SMILES string of the molecule is CCCc1cc(C(=O)O)cc(Oc2cccc(C)c2F)n1. The third-order valence-corrected chi connectivity index (χ3v) is 2.98. The Bertz CT molecular complexity index is 671. The molecule has 1 aromatic carbocycles. The number of halogens is 1. The maximum Gasteiger partial charge on any atom is 0.335 e. The highest BCUT2D eigenvalue weighted by molar-refractivity contribution is 5.88. The quantitative estimate of drug-likeness (QED) is 0.904. The predicted octanol–water partition coefficient (Wildman–Crippen LogP) is 3.97. The van der Waals surface area contributed by atoms with Crippen molar-refractivity contribution in [2.45, 2.75) is 26.7 Å². The van der Waals surface area contributed by atoms with E-state index in [1.54, 1.807) is 19.1 Å². The monoisotopic (exact) mass is 289 g/mol. The fourth-order valence-electron chi connectivity index (χ4n) is 1.93. The summed E-state index contributed by atoms with van der Waals surface area (Å²) in [5, 5.41) is 9.11. The smallest absolute Gasteiger partial charge is 0.335 e. The van der Waals surface area contributed by atoms with Gasteiger partial charge >= 0.3 is 5.97 Å². The number of carboxylic acid groups (broad SMARTS) is 1. The van der Waals surface area contributed by atoms with Crippen LogP contribution in [0.5, 0.6) is 11.6 Å². The van der Waals surface area contributed by atoms with E-state index in [0.717, 1.165) is 6.42 Å². The van der Waals surface area contributed by atoms with Gasteiger partial charge in [-0.1, -0.05) is 25.5 Å². The highest BCUT2D eigenvalue weighted by atomic mass is 19.1. The molecule has 0 amide bonds. The number of pyridine rings is 1. The molecule has 2 aromatic rings. The topological polar surface area (TPSA) is 59.4 Å². The van der Waals surface area contributed by atoms with Crippen molar-refractivity contribution < 1.29 is 19.0 Å². The van der Waals surface area contributed by atoms with E-state index < -0.39 is 11.8 Å². The van der Waals surface area contributed by atoms with Crippen molar-refractivity contribution >= 4 is 5.97 Å². The molecule has 0 aliphatic carbocycles. The molecule has 0 unspecified atom stereocenters. The average Bonchev–Trinajstić information content (AvgIpc) is 2.44. The fraction of sp³-hybridized carbons (Fsp3) is 0.250. The summed E-state index contributed by atoms with van der Waals surface area (Å²) in [7, 11) is 0. The Balaban J connectivity index is 2.38. The summed E-state index contributed by atoms with van der Waals surface area (Å²) in [6, 6.07) is 7.58. The number of nitrogens with zero attached hydrogens (tertiary/aromatic N) is 1.